The molecule has 0 radical (unpaired) electrons. The van der Waals surface area contributed by atoms with Crippen molar-refractivity contribution in [1.82, 2.24) is 5.32 Å². The van der Waals surface area contributed by atoms with E-state index in [1.807, 2.05) is 0 Å². The molecule has 1 atom stereocenters. The Labute approximate surface area is 105 Å². The van der Waals surface area contributed by atoms with E-state index in [1.165, 1.54) is 12.1 Å². The Kier molecular flexibility index (Phi) is 4.42. The summed E-state index contributed by atoms with van der Waals surface area (Å²) in [5.41, 5.74) is 5.81. The molecular formula is C13H17FN2O2. The van der Waals surface area contributed by atoms with E-state index >= 15 is 0 Å². The van der Waals surface area contributed by atoms with E-state index in [0.29, 0.717) is 0 Å². The third-order valence-electron chi connectivity index (χ3n) is 2.63. The highest BCUT2D eigenvalue weighted by atomic mass is 19.1. The lowest BCUT2D eigenvalue weighted by atomic mass is 10.0. The zero-order valence-electron chi connectivity index (χ0n) is 10.7. The number of amides is 2. The SMILES string of the molecule is Cc1ccc(C(=O)NC(C(N)=O)C(C)C)c(F)c1. The lowest BCUT2D eigenvalue weighted by Crippen LogP contribution is -2.47. The lowest BCUT2D eigenvalue weighted by molar-refractivity contribution is -0.120. The topological polar surface area (TPSA) is 72.2 Å². The Hall–Kier alpha value is -1.91. The number of rotatable bonds is 4. The molecule has 0 bridgehead atoms. The molecule has 98 valence electrons. The second-order valence-electron chi connectivity index (χ2n) is 4.58. The number of nitrogens with one attached hydrogen (secondary N) is 1. The molecule has 0 aliphatic carbocycles. The van der Waals surface area contributed by atoms with Crippen molar-refractivity contribution >= 4 is 11.8 Å². The summed E-state index contributed by atoms with van der Waals surface area (Å²) in [6.45, 7) is 5.23. The molecule has 5 heteroatoms. The molecule has 4 nitrogen and oxygen atoms in total. The Morgan fingerprint density at radius 3 is 2.39 bits per heavy atom. The van der Waals surface area contributed by atoms with E-state index in [0.717, 1.165) is 5.56 Å². The van der Waals surface area contributed by atoms with Crippen LogP contribution in [-0.4, -0.2) is 17.9 Å². The third kappa shape index (κ3) is 3.29. The van der Waals surface area contributed by atoms with Gasteiger partial charge in [0.15, 0.2) is 0 Å². The molecule has 0 aliphatic rings. The lowest BCUT2D eigenvalue weighted by Gasteiger charge is -2.19. The van der Waals surface area contributed by atoms with Crippen LogP contribution in [0, 0.1) is 18.7 Å². The summed E-state index contributed by atoms with van der Waals surface area (Å²) in [6.07, 6.45) is 0. The zero-order valence-corrected chi connectivity index (χ0v) is 10.7. The quantitative estimate of drug-likeness (QED) is 0.849. The van der Waals surface area contributed by atoms with E-state index in [-0.39, 0.29) is 11.5 Å². The van der Waals surface area contributed by atoms with Crippen LogP contribution in [0.4, 0.5) is 4.39 Å². The number of primary amides is 1. The molecular weight excluding hydrogens is 235 g/mol. The molecule has 1 aromatic rings. The van der Waals surface area contributed by atoms with Gasteiger partial charge in [-0.05, 0) is 30.5 Å². The number of halogens is 1. The first-order chi connectivity index (χ1) is 8.32. The van der Waals surface area contributed by atoms with Gasteiger partial charge < -0.3 is 11.1 Å². The van der Waals surface area contributed by atoms with Gasteiger partial charge in [0.1, 0.15) is 11.9 Å². The van der Waals surface area contributed by atoms with Gasteiger partial charge in [-0.1, -0.05) is 19.9 Å². The number of carbonyl (C=O) groups excluding carboxylic acids is 2. The van der Waals surface area contributed by atoms with Crippen LogP contribution in [0.25, 0.3) is 0 Å². The minimum Gasteiger partial charge on any atom is -0.368 e. The van der Waals surface area contributed by atoms with Gasteiger partial charge in [-0.25, -0.2) is 4.39 Å². The summed E-state index contributed by atoms with van der Waals surface area (Å²) in [6, 6.07) is 3.48. The Morgan fingerprint density at radius 2 is 1.94 bits per heavy atom. The van der Waals surface area contributed by atoms with Crippen LogP contribution < -0.4 is 11.1 Å². The van der Waals surface area contributed by atoms with Crippen LogP contribution in [0.1, 0.15) is 29.8 Å². The van der Waals surface area contributed by atoms with Gasteiger partial charge in [0.2, 0.25) is 5.91 Å². The van der Waals surface area contributed by atoms with Gasteiger partial charge in [0, 0.05) is 0 Å². The summed E-state index contributed by atoms with van der Waals surface area (Å²) in [7, 11) is 0. The average Bonchev–Trinajstić information content (AvgIpc) is 2.24. The molecule has 18 heavy (non-hydrogen) atoms. The number of benzene rings is 1. The van der Waals surface area contributed by atoms with Crippen LogP contribution in [-0.2, 0) is 4.79 Å². The fraction of sp³-hybridized carbons (Fsp3) is 0.385. The van der Waals surface area contributed by atoms with Gasteiger partial charge in [0.25, 0.3) is 5.91 Å². The Morgan fingerprint density at radius 1 is 1.33 bits per heavy atom. The molecule has 0 spiro atoms. The van der Waals surface area contributed by atoms with Gasteiger partial charge in [-0.2, -0.15) is 0 Å². The molecule has 0 fully saturated rings. The molecule has 1 aromatic carbocycles. The number of aryl methyl sites for hydroxylation is 1. The highest BCUT2D eigenvalue weighted by Crippen LogP contribution is 2.11. The first-order valence-corrected chi connectivity index (χ1v) is 5.69. The smallest absolute Gasteiger partial charge is 0.254 e. The molecule has 0 aromatic heterocycles. The first kappa shape index (κ1) is 14.2. The normalized spacial score (nSPS) is 12.3. The van der Waals surface area contributed by atoms with E-state index in [9.17, 15) is 14.0 Å². The van der Waals surface area contributed by atoms with Crippen molar-refractivity contribution in [3.63, 3.8) is 0 Å². The van der Waals surface area contributed by atoms with Crippen molar-refractivity contribution in [1.29, 1.82) is 0 Å². The summed E-state index contributed by atoms with van der Waals surface area (Å²) in [5.74, 6) is -2.03. The Bertz CT molecular complexity index is 472. The monoisotopic (exact) mass is 252 g/mol. The van der Waals surface area contributed by atoms with Crippen molar-refractivity contribution in [2.75, 3.05) is 0 Å². The van der Waals surface area contributed by atoms with E-state index < -0.39 is 23.7 Å². The number of hydrogen-bond acceptors (Lipinski definition) is 2. The number of carbonyl (C=O) groups is 2. The summed E-state index contributed by atoms with van der Waals surface area (Å²) in [5, 5.41) is 2.44. The molecule has 0 aliphatic heterocycles. The van der Waals surface area contributed by atoms with Gasteiger partial charge in [0.05, 0.1) is 5.56 Å². The Balaban J connectivity index is 2.91. The molecule has 0 heterocycles. The fourth-order valence-electron chi connectivity index (χ4n) is 1.59. The molecule has 0 saturated carbocycles. The summed E-state index contributed by atoms with van der Waals surface area (Å²) >= 11 is 0. The number of hydrogen-bond donors (Lipinski definition) is 2. The predicted octanol–water partition coefficient (Wildman–Crippen LogP) is 1.37. The highest BCUT2D eigenvalue weighted by molar-refractivity contribution is 5.97. The van der Waals surface area contributed by atoms with Crippen molar-refractivity contribution in [2.45, 2.75) is 26.8 Å². The van der Waals surface area contributed by atoms with E-state index in [2.05, 4.69) is 5.32 Å². The number of nitrogens with two attached hydrogens (primary N) is 1. The zero-order chi connectivity index (χ0) is 13.9. The third-order valence-corrected chi connectivity index (χ3v) is 2.63. The van der Waals surface area contributed by atoms with Crippen molar-refractivity contribution < 1.29 is 14.0 Å². The van der Waals surface area contributed by atoms with Crippen LogP contribution in [0.15, 0.2) is 18.2 Å². The summed E-state index contributed by atoms with van der Waals surface area (Å²) in [4.78, 5) is 23.0. The first-order valence-electron chi connectivity index (χ1n) is 5.69. The maximum absolute atomic E-state index is 13.6. The van der Waals surface area contributed by atoms with Crippen LogP contribution in [0.5, 0.6) is 0 Å². The maximum Gasteiger partial charge on any atom is 0.254 e. The molecule has 1 rings (SSSR count). The fourth-order valence-corrected chi connectivity index (χ4v) is 1.59. The van der Waals surface area contributed by atoms with Crippen molar-refractivity contribution in [3.05, 3.63) is 35.1 Å². The van der Waals surface area contributed by atoms with Gasteiger partial charge in [-0.15, -0.1) is 0 Å². The molecule has 0 saturated heterocycles. The van der Waals surface area contributed by atoms with E-state index in [1.54, 1.807) is 26.8 Å². The van der Waals surface area contributed by atoms with Crippen molar-refractivity contribution in [2.24, 2.45) is 11.7 Å². The second kappa shape index (κ2) is 5.62. The van der Waals surface area contributed by atoms with Crippen LogP contribution in [0.3, 0.4) is 0 Å². The molecule has 1 unspecified atom stereocenters. The molecule has 2 amide bonds. The highest BCUT2D eigenvalue weighted by Gasteiger charge is 2.23. The predicted molar refractivity (Wildman–Crippen MR) is 66.4 cm³/mol. The standard InChI is InChI=1S/C13H17FN2O2/c1-7(2)11(12(15)17)16-13(18)9-5-4-8(3)6-10(9)14/h4-7,11H,1-3H3,(H2,15,17)(H,16,18). The largest absolute Gasteiger partial charge is 0.368 e. The molecule has 3 N–H and O–H groups in total. The second-order valence-corrected chi connectivity index (χ2v) is 4.58. The minimum atomic E-state index is -0.807. The van der Waals surface area contributed by atoms with Crippen LogP contribution >= 0.6 is 0 Å². The average molecular weight is 252 g/mol. The van der Waals surface area contributed by atoms with Crippen LogP contribution in [0.2, 0.25) is 0 Å². The van der Waals surface area contributed by atoms with E-state index in [4.69, 9.17) is 5.73 Å². The maximum atomic E-state index is 13.6. The summed E-state index contributed by atoms with van der Waals surface area (Å²) < 4.78 is 13.6. The van der Waals surface area contributed by atoms with Gasteiger partial charge in [-0.3, -0.25) is 9.59 Å². The minimum absolute atomic E-state index is 0.0903. The van der Waals surface area contributed by atoms with Crippen molar-refractivity contribution in [3.8, 4) is 0 Å². The van der Waals surface area contributed by atoms with Gasteiger partial charge >= 0.3 is 0 Å².